The average molecular weight is 740 g/mol. The Morgan fingerprint density at radius 1 is 0.265 bits per heavy atom. The first kappa shape index (κ1) is 52.8. The fraction of sp³-hybridized carbons (Fsp3) is 0.955. The predicted octanol–water partition coefficient (Wildman–Crippen LogP) is 15.8. The molecule has 0 saturated carbocycles. The van der Waals surface area contributed by atoms with E-state index in [1.165, 1.54) is 218 Å². The molecular weight excluding hydrogens is 651 g/mol. The van der Waals surface area contributed by atoms with Gasteiger partial charge in [0.15, 0.2) is 0 Å². The summed E-state index contributed by atoms with van der Waals surface area (Å²) in [6.07, 6.45) is 52.2. The number of carbonyl (C=O) groups is 2. The standard InChI is InChI=1S/2C22H44O2.Ni/c2*1-2-3-4-5-6-7-8-9-10-11-12-13-14-15-16-17-18-19-20-21-22(23)24;/h2*2-21H2,1H3,(H,23,24);. The van der Waals surface area contributed by atoms with Crippen LogP contribution in [-0.4, -0.2) is 22.2 Å². The fourth-order valence-electron chi connectivity index (χ4n) is 6.71. The minimum Gasteiger partial charge on any atom is -0.481 e. The molecule has 0 heterocycles. The molecular formula is C44H88NiO4. The first-order valence-corrected chi connectivity index (χ1v) is 22.0. The number of hydrogen-bond acceptors (Lipinski definition) is 2. The first-order chi connectivity index (χ1) is 23.5. The van der Waals surface area contributed by atoms with Crippen molar-refractivity contribution in [2.75, 3.05) is 0 Å². The summed E-state index contributed by atoms with van der Waals surface area (Å²) in [5.41, 5.74) is 0. The van der Waals surface area contributed by atoms with Crippen molar-refractivity contribution in [3.63, 3.8) is 0 Å². The zero-order valence-corrected chi connectivity index (χ0v) is 34.3. The van der Waals surface area contributed by atoms with E-state index in [1.807, 2.05) is 0 Å². The van der Waals surface area contributed by atoms with E-state index >= 15 is 0 Å². The van der Waals surface area contributed by atoms with Crippen LogP contribution in [0.5, 0.6) is 0 Å². The number of aliphatic carboxylic acids is 2. The van der Waals surface area contributed by atoms with Crippen molar-refractivity contribution in [2.24, 2.45) is 0 Å². The third kappa shape index (κ3) is 57.0. The summed E-state index contributed by atoms with van der Waals surface area (Å²) in [4.78, 5) is 20.8. The summed E-state index contributed by atoms with van der Waals surface area (Å²) in [6, 6.07) is 0. The summed E-state index contributed by atoms with van der Waals surface area (Å²) < 4.78 is 0. The second-order valence-electron chi connectivity index (χ2n) is 15.0. The van der Waals surface area contributed by atoms with Crippen molar-refractivity contribution < 1.29 is 36.3 Å². The maximum absolute atomic E-state index is 10.4. The monoisotopic (exact) mass is 739 g/mol. The van der Waals surface area contributed by atoms with Crippen LogP contribution in [0.15, 0.2) is 0 Å². The Bertz CT molecular complexity index is 560. The van der Waals surface area contributed by atoms with Gasteiger partial charge in [0.1, 0.15) is 0 Å². The van der Waals surface area contributed by atoms with Gasteiger partial charge in [0.05, 0.1) is 0 Å². The smallest absolute Gasteiger partial charge is 0.303 e. The summed E-state index contributed by atoms with van der Waals surface area (Å²) in [5.74, 6) is -1.30. The van der Waals surface area contributed by atoms with Gasteiger partial charge in [-0.25, -0.2) is 0 Å². The molecule has 0 amide bonds. The van der Waals surface area contributed by atoms with E-state index in [0.717, 1.165) is 25.7 Å². The Hall–Kier alpha value is -0.566. The number of carboxylic acid groups (broad SMARTS) is 2. The van der Waals surface area contributed by atoms with E-state index in [9.17, 15) is 9.59 Å². The van der Waals surface area contributed by atoms with Gasteiger partial charge in [-0.2, -0.15) is 0 Å². The topological polar surface area (TPSA) is 74.6 Å². The third-order valence-corrected chi connectivity index (χ3v) is 9.99. The molecule has 0 aliphatic heterocycles. The molecule has 0 spiro atoms. The van der Waals surface area contributed by atoms with Gasteiger partial charge in [0.25, 0.3) is 0 Å². The SMILES string of the molecule is CCCCCCCCCCCCCCCCCCCCCC(=O)O.CCCCCCCCCCCCCCCCCCCCCC(=O)O.[Ni]. The zero-order valence-electron chi connectivity index (χ0n) is 33.3. The van der Waals surface area contributed by atoms with Gasteiger partial charge in [-0.3, -0.25) is 9.59 Å². The molecule has 0 rings (SSSR count). The molecule has 2 N–H and O–H groups in total. The predicted molar refractivity (Wildman–Crippen MR) is 211 cm³/mol. The van der Waals surface area contributed by atoms with E-state index in [-0.39, 0.29) is 16.5 Å². The van der Waals surface area contributed by atoms with Gasteiger partial charge in [0.2, 0.25) is 0 Å². The van der Waals surface area contributed by atoms with Crippen LogP contribution in [0.2, 0.25) is 0 Å². The molecule has 49 heavy (non-hydrogen) atoms. The molecule has 0 atom stereocenters. The van der Waals surface area contributed by atoms with Gasteiger partial charge in [-0.1, -0.05) is 245 Å². The van der Waals surface area contributed by atoms with E-state index in [1.54, 1.807) is 0 Å². The minimum absolute atomic E-state index is 0. The Morgan fingerprint density at radius 3 is 0.510 bits per heavy atom. The van der Waals surface area contributed by atoms with E-state index in [2.05, 4.69) is 13.8 Å². The number of rotatable bonds is 40. The van der Waals surface area contributed by atoms with Crippen molar-refractivity contribution in [3.8, 4) is 0 Å². The van der Waals surface area contributed by atoms with E-state index < -0.39 is 11.9 Å². The van der Waals surface area contributed by atoms with Gasteiger partial charge in [-0.15, -0.1) is 0 Å². The van der Waals surface area contributed by atoms with Crippen LogP contribution < -0.4 is 0 Å². The molecule has 0 aliphatic carbocycles. The van der Waals surface area contributed by atoms with Crippen LogP contribution in [-0.2, 0) is 26.1 Å². The molecule has 0 aromatic rings. The summed E-state index contributed by atoms with van der Waals surface area (Å²) >= 11 is 0. The Labute approximate surface area is 317 Å². The van der Waals surface area contributed by atoms with Crippen LogP contribution in [0.4, 0.5) is 0 Å². The van der Waals surface area contributed by atoms with Crippen LogP contribution in [0.25, 0.3) is 0 Å². The molecule has 0 aromatic carbocycles. The average Bonchev–Trinajstić information content (AvgIpc) is 3.07. The molecule has 5 heteroatoms. The molecule has 0 saturated heterocycles. The van der Waals surface area contributed by atoms with E-state index in [4.69, 9.17) is 10.2 Å². The largest absolute Gasteiger partial charge is 0.481 e. The van der Waals surface area contributed by atoms with E-state index in [0.29, 0.717) is 12.8 Å². The normalized spacial score (nSPS) is 10.8. The van der Waals surface area contributed by atoms with Gasteiger partial charge in [-0.05, 0) is 12.8 Å². The first-order valence-electron chi connectivity index (χ1n) is 22.0. The quantitative estimate of drug-likeness (QED) is 0.0485. The van der Waals surface area contributed by atoms with Crippen LogP contribution in [0.1, 0.15) is 271 Å². The third-order valence-electron chi connectivity index (χ3n) is 9.99. The molecule has 298 valence electrons. The molecule has 0 bridgehead atoms. The maximum atomic E-state index is 10.4. The van der Waals surface area contributed by atoms with Crippen molar-refractivity contribution in [1.29, 1.82) is 0 Å². The molecule has 0 fully saturated rings. The van der Waals surface area contributed by atoms with Crippen molar-refractivity contribution in [1.82, 2.24) is 0 Å². The molecule has 0 aliphatic rings. The van der Waals surface area contributed by atoms with Crippen LogP contribution in [0.3, 0.4) is 0 Å². The second-order valence-corrected chi connectivity index (χ2v) is 15.0. The summed E-state index contributed by atoms with van der Waals surface area (Å²) in [6.45, 7) is 4.57. The van der Waals surface area contributed by atoms with Crippen LogP contribution in [0, 0.1) is 0 Å². The van der Waals surface area contributed by atoms with Gasteiger partial charge >= 0.3 is 11.9 Å². The molecule has 0 radical (unpaired) electrons. The minimum atomic E-state index is -0.651. The Balaban J connectivity index is -0.000000846. The fourth-order valence-corrected chi connectivity index (χ4v) is 6.71. The number of unbranched alkanes of at least 4 members (excludes halogenated alkanes) is 36. The number of hydrogen-bond donors (Lipinski definition) is 2. The van der Waals surface area contributed by atoms with Crippen LogP contribution >= 0.6 is 0 Å². The maximum Gasteiger partial charge on any atom is 0.303 e. The van der Waals surface area contributed by atoms with Crippen molar-refractivity contribution in [3.05, 3.63) is 0 Å². The van der Waals surface area contributed by atoms with Gasteiger partial charge < -0.3 is 10.2 Å². The van der Waals surface area contributed by atoms with Crippen molar-refractivity contribution >= 4 is 11.9 Å². The van der Waals surface area contributed by atoms with Crippen molar-refractivity contribution in [2.45, 2.75) is 271 Å². The molecule has 0 unspecified atom stereocenters. The zero-order chi connectivity index (χ0) is 35.4. The Kier molecular flexibility index (Phi) is 53.4. The molecule has 0 aromatic heterocycles. The van der Waals surface area contributed by atoms with Gasteiger partial charge in [0, 0.05) is 29.3 Å². The molecule has 4 nitrogen and oxygen atoms in total. The summed E-state index contributed by atoms with van der Waals surface area (Å²) in [5, 5.41) is 17.1. The summed E-state index contributed by atoms with van der Waals surface area (Å²) in [7, 11) is 0. The second kappa shape index (κ2) is 49.5. The Morgan fingerprint density at radius 2 is 0.388 bits per heavy atom. The number of carboxylic acids is 2.